The molecule has 0 aliphatic carbocycles. The van der Waals surface area contributed by atoms with E-state index in [4.69, 9.17) is 4.74 Å². The minimum Gasteiger partial charge on any atom is -0.484 e. The quantitative estimate of drug-likeness (QED) is 0.704. The van der Waals surface area contributed by atoms with Crippen molar-refractivity contribution in [3.63, 3.8) is 0 Å². The molecule has 0 fully saturated rings. The first-order valence-corrected chi connectivity index (χ1v) is 9.40. The zero-order valence-corrected chi connectivity index (χ0v) is 16.2. The van der Waals surface area contributed by atoms with Gasteiger partial charge in [-0.3, -0.25) is 9.59 Å². The molecule has 0 aromatic heterocycles. The van der Waals surface area contributed by atoms with Crippen LogP contribution < -0.4 is 15.4 Å². The van der Waals surface area contributed by atoms with Crippen LogP contribution in [0.15, 0.2) is 54.6 Å². The lowest BCUT2D eigenvalue weighted by Crippen LogP contribution is -2.28. The van der Waals surface area contributed by atoms with Gasteiger partial charge in [-0.15, -0.1) is 0 Å². The summed E-state index contributed by atoms with van der Waals surface area (Å²) in [6.07, 6.45) is 0.916. The maximum atomic E-state index is 12.9. The largest absolute Gasteiger partial charge is 0.484 e. The Morgan fingerprint density at radius 3 is 2.26 bits per heavy atom. The molecule has 2 aromatic rings. The average Bonchev–Trinajstić information content (AvgIpc) is 2.68. The van der Waals surface area contributed by atoms with Gasteiger partial charge >= 0.3 is 0 Å². The van der Waals surface area contributed by atoms with E-state index in [1.165, 1.54) is 0 Å². The van der Waals surface area contributed by atoms with Crippen molar-refractivity contribution in [1.82, 2.24) is 5.32 Å². The lowest BCUT2D eigenvalue weighted by atomic mass is 9.85. The van der Waals surface area contributed by atoms with Crippen molar-refractivity contribution < 1.29 is 14.3 Å². The Morgan fingerprint density at radius 1 is 1.00 bits per heavy atom. The predicted octanol–water partition coefficient (Wildman–Crippen LogP) is 3.97. The highest BCUT2D eigenvalue weighted by Gasteiger charge is 2.25. The number of hydrogen-bond acceptors (Lipinski definition) is 3. The summed E-state index contributed by atoms with van der Waals surface area (Å²) in [7, 11) is 0. The highest BCUT2D eigenvalue weighted by atomic mass is 16.5. The van der Waals surface area contributed by atoms with Gasteiger partial charge in [-0.05, 0) is 42.7 Å². The highest BCUT2D eigenvalue weighted by molar-refractivity contribution is 5.96. The van der Waals surface area contributed by atoms with Crippen molar-refractivity contribution in [2.45, 2.75) is 33.1 Å². The molecular formula is C22H28N2O3. The fraction of sp³-hybridized carbons (Fsp3) is 0.364. The number of anilines is 1. The summed E-state index contributed by atoms with van der Waals surface area (Å²) in [4.78, 5) is 24.3. The Bertz CT molecular complexity index is 729. The molecule has 2 atom stereocenters. The first kappa shape index (κ1) is 20.5. The fourth-order valence-electron chi connectivity index (χ4n) is 2.89. The van der Waals surface area contributed by atoms with Crippen LogP contribution in [0.4, 0.5) is 5.69 Å². The molecule has 2 unspecified atom stereocenters. The van der Waals surface area contributed by atoms with Crippen molar-refractivity contribution in [1.29, 1.82) is 0 Å². The van der Waals surface area contributed by atoms with Gasteiger partial charge in [0.05, 0.1) is 5.92 Å². The van der Waals surface area contributed by atoms with E-state index in [1.54, 1.807) is 24.3 Å². The molecule has 0 saturated heterocycles. The van der Waals surface area contributed by atoms with Crippen LogP contribution >= 0.6 is 0 Å². The van der Waals surface area contributed by atoms with Crippen molar-refractivity contribution >= 4 is 17.5 Å². The van der Waals surface area contributed by atoms with Gasteiger partial charge in [-0.2, -0.15) is 0 Å². The van der Waals surface area contributed by atoms with E-state index in [2.05, 4.69) is 24.5 Å². The molecule has 2 rings (SSSR count). The molecule has 2 amide bonds. The number of carbonyl (C=O) groups is 2. The molecule has 5 heteroatoms. The Balaban J connectivity index is 2.02. The predicted molar refractivity (Wildman–Crippen MR) is 108 cm³/mol. The number of ether oxygens (including phenoxy) is 1. The second-order valence-corrected chi connectivity index (χ2v) is 6.53. The molecule has 144 valence electrons. The van der Waals surface area contributed by atoms with E-state index in [-0.39, 0.29) is 30.3 Å². The molecule has 0 bridgehead atoms. The van der Waals surface area contributed by atoms with Crippen LogP contribution in [0.1, 0.15) is 38.7 Å². The summed E-state index contributed by atoms with van der Waals surface area (Å²) in [5.41, 5.74) is 1.72. The molecule has 2 N–H and O–H groups in total. The van der Waals surface area contributed by atoms with Gasteiger partial charge in [0.2, 0.25) is 5.91 Å². The normalized spacial score (nSPS) is 12.7. The van der Waals surface area contributed by atoms with Crippen LogP contribution in [0.25, 0.3) is 0 Å². The number of hydrogen-bond donors (Lipinski definition) is 2. The van der Waals surface area contributed by atoms with E-state index in [0.29, 0.717) is 18.0 Å². The number of benzene rings is 2. The first-order chi connectivity index (χ1) is 13.0. The highest BCUT2D eigenvalue weighted by Crippen LogP contribution is 2.28. The van der Waals surface area contributed by atoms with Crippen molar-refractivity contribution in [2.75, 3.05) is 18.5 Å². The number of carbonyl (C=O) groups excluding carboxylic acids is 2. The van der Waals surface area contributed by atoms with Crippen LogP contribution in [0.2, 0.25) is 0 Å². The molecule has 0 aliphatic rings. The molecular weight excluding hydrogens is 340 g/mol. The van der Waals surface area contributed by atoms with Gasteiger partial charge in [0.1, 0.15) is 5.75 Å². The molecule has 0 radical (unpaired) electrons. The molecule has 27 heavy (non-hydrogen) atoms. The Kier molecular flexibility index (Phi) is 7.86. The van der Waals surface area contributed by atoms with Crippen molar-refractivity contribution in [2.24, 2.45) is 5.92 Å². The van der Waals surface area contributed by atoms with Crippen LogP contribution in [0, 0.1) is 5.92 Å². The molecule has 0 heterocycles. The minimum absolute atomic E-state index is 0.0217. The molecule has 5 nitrogen and oxygen atoms in total. The molecule has 2 aromatic carbocycles. The SMILES string of the molecule is CCNC(=O)COc1ccc(NC(=O)C(c2ccccc2)C(C)CC)cc1. The second kappa shape index (κ2) is 10.4. The third-order valence-corrected chi connectivity index (χ3v) is 4.52. The van der Waals surface area contributed by atoms with Gasteiger partial charge < -0.3 is 15.4 Å². The number of rotatable bonds is 9. The van der Waals surface area contributed by atoms with Gasteiger partial charge in [-0.25, -0.2) is 0 Å². The van der Waals surface area contributed by atoms with Crippen LogP contribution in [0.5, 0.6) is 5.75 Å². The summed E-state index contributed by atoms with van der Waals surface area (Å²) < 4.78 is 5.43. The van der Waals surface area contributed by atoms with Crippen LogP contribution in [-0.2, 0) is 9.59 Å². The zero-order valence-electron chi connectivity index (χ0n) is 16.2. The smallest absolute Gasteiger partial charge is 0.257 e. The Morgan fingerprint density at radius 2 is 1.67 bits per heavy atom. The van der Waals surface area contributed by atoms with Crippen molar-refractivity contribution in [3.8, 4) is 5.75 Å². The summed E-state index contributed by atoms with van der Waals surface area (Å²) in [6, 6.07) is 16.9. The number of nitrogens with one attached hydrogen (secondary N) is 2. The van der Waals surface area contributed by atoms with E-state index in [0.717, 1.165) is 12.0 Å². The van der Waals surface area contributed by atoms with Crippen LogP contribution in [-0.4, -0.2) is 25.0 Å². The Hall–Kier alpha value is -2.82. The average molecular weight is 368 g/mol. The maximum absolute atomic E-state index is 12.9. The minimum atomic E-state index is -0.204. The number of likely N-dealkylation sites (N-methyl/N-ethyl adjacent to an activating group) is 1. The van der Waals surface area contributed by atoms with Crippen molar-refractivity contribution in [3.05, 3.63) is 60.2 Å². The lowest BCUT2D eigenvalue weighted by Gasteiger charge is -2.23. The molecule has 0 spiro atoms. The molecule has 0 saturated carbocycles. The van der Waals surface area contributed by atoms with Gasteiger partial charge in [-0.1, -0.05) is 50.6 Å². The summed E-state index contributed by atoms with van der Waals surface area (Å²) in [5.74, 6) is 0.429. The lowest BCUT2D eigenvalue weighted by molar-refractivity contribution is -0.123. The molecule has 0 aliphatic heterocycles. The third-order valence-electron chi connectivity index (χ3n) is 4.52. The topological polar surface area (TPSA) is 67.4 Å². The summed E-state index contributed by atoms with van der Waals surface area (Å²) in [5, 5.41) is 5.67. The van der Waals surface area contributed by atoms with E-state index < -0.39 is 0 Å². The Labute approximate surface area is 161 Å². The first-order valence-electron chi connectivity index (χ1n) is 9.40. The monoisotopic (exact) mass is 368 g/mol. The standard InChI is InChI=1S/C22H28N2O3/c1-4-16(3)21(17-9-7-6-8-10-17)22(26)24-18-11-13-19(14-12-18)27-15-20(25)23-5-2/h6-14,16,21H,4-5,15H2,1-3H3,(H,23,25)(H,24,26). The second-order valence-electron chi connectivity index (χ2n) is 6.53. The third kappa shape index (κ3) is 6.13. The van der Waals surface area contributed by atoms with Gasteiger partial charge in [0.15, 0.2) is 6.61 Å². The fourth-order valence-corrected chi connectivity index (χ4v) is 2.89. The van der Waals surface area contributed by atoms with E-state index in [1.807, 2.05) is 37.3 Å². The van der Waals surface area contributed by atoms with E-state index >= 15 is 0 Å². The summed E-state index contributed by atoms with van der Waals surface area (Å²) >= 11 is 0. The van der Waals surface area contributed by atoms with E-state index in [9.17, 15) is 9.59 Å². The zero-order chi connectivity index (χ0) is 19.6. The maximum Gasteiger partial charge on any atom is 0.257 e. The van der Waals surface area contributed by atoms with Gasteiger partial charge in [0.25, 0.3) is 5.91 Å². The van der Waals surface area contributed by atoms with Crippen LogP contribution in [0.3, 0.4) is 0 Å². The summed E-state index contributed by atoms with van der Waals surface area (Å²) in [6.45, 7) is 6.59. The number of amides is 2. The van der Waals surface area contributed by atoms with Gasteiger partial charge in [0, 0.05) is 12.2 Å².